The van der Waals surface area contributed by atoms with Crippen LogP contribution in [0.1, 0.15) is 37.3 Å². The van der Waals surface area contributed by atoms with Crippen LogP contribution in [0.5, 0.6) is 0 Å². The number of hydrogen-bond donors (Lipinski definition) is 2. The summed E-state index contributed by atoms with van der Waals surface area (Å²) < 4.78 is 0. The first-order valence-electron chi connectivity index (χ1n) is 7.43. The van der Waals surface area contributed by atoms with Gasteiger partial charge in [-0.15, -0.1) is 0 Å². The van der Waals surface area contributed by atoms with Gasteiger partial charge >= 0.3 is 0 Å². The molecule has 1 aromatic rings. The lowest BCUT2D eigenvalue weighted by Crippen LogP contribution is -2.25. The van der Waals surface area contributed by atoms with E-state index >= 15 is 0 Å². The minimum Gasteiger partial charge on any atom is -0.396 e. The Bertz CT molecular complexity index is 402. The van der Waals surface area contributed by atoms with E-state index in [4.69, 9.17) is 5.11 Å². The summed E-state index contributed by atoms with van der Waals surface area (Å²) in [7, 11) is 0. The predicted molar refractivity (Wildman–Crippen MR) is 80.6 cm³/mol. The highest BCUT2D eigenvalue weighted by atomic mass is 16.3. The van der Waals surface area contributed by atoms with Crippen molar-refractivity contribution in [2.24, 2.45) is 0 Å². The van der Waals surface area contributed by atoms with Gasteiger partial charge in [0.25, 0.3) is 0 Å². The second kappa shape index (κ2) is 6.92. The summed E-state index contributed by atoms with van der Waals surface area (Å²) in [6, 6.07) is 7.47. The molecule has 3 nitrogen and oxygen atoms in total. The maximum Gasteiger partial charge on any atom is 0.0447 e. The molecule has 1 fully saturated rings. The van der Waals surface area contributed by atoms with Crippen LogP contribution in [0.25, 0.3) is 0 Å². The van der Waals surface area contributed by atoms with Crippen molar-refractivity contribution in [3.8, 4) is 0 Å². The molecule has 1 saturated carbocycles. The molecule has 0 aliphatic heterocycles. The minimum atomic E-state index is 0.263. The zero-order valence-electron chi connectivity index (χ0n) is 12.2. The Balaban J connectivity index is 1.98. The van der Waals surface area contributed by atoms with Gasteiger partial charge in [0.2, 0.25) is 0 Å². The zero-order valence-corrected chi connectivity index (χ0v) is 12.2. The van der Waals surface area contributed by atoms with Crippen molar-refractivity contribution in [3.05, 3.63) is 29.3 Å². The topological polar surface area (TPSA) is 35.5 Å². The molecule has 106 valence electrons. The number of aliphatic hydroxyl groups excluding tert-OH is 1. The molecular formula is C16H26N2O. The van der Waals surface area contributed by atoms with Gasteiger partial charge in [-0.2, -0.15) is 0 Å². The molecule has 1 aliphatic rings. The van der Waals surface area contributed by atoms with E-state index in [2.05, 4.69) is 42.3 Å². The summed E-state index contributed by atoms with van der Waals surface area (Å²) in [6.45, 7) is 7.51. The molecule has 0 spiro atoms. The van der Waals surface area contributed by atoms with Gasteiger partial charge in [-0.05, 0) is 56.4 Å². The van der Waals surface area contributed by atoms with E-state index in [0.29, 0.717) is 0 Å². The first-order chi connectivity index (χ1) is 9.24. The van der Waals surface area contributed by atoms with Gasteiger partial charge in [-0.3, -0.25) is 0 Å². The average molecular weight is 262 g/mol. The van der Waals surface area contributed by atoms with Crippen LogP contribution >= 0.6 is 0 Å². The normalized spacial score (nSPS) is 14.7. The summed E-state index contributed by atoms with van der Waals surface area (Å²) >= 11 is 0. The zero-order chi connectivity index (χ0) is 13.7. The molecule has 3 heteroatoms. The van der Waals surface area contributed by atoms with Crippen molar-refractivity contribution < 1.29 is 5.11 Å². The van der Waals surface area contributed by atoms with Crippen LogP contribution in [0, 0.1) is 6.92 Å². The number of rotatable bonds is 8. The SMILES string of the molecule is CCN(CCCO)c1ccc(CNC2CC2)c(C)c1. The van der Waals surface area contributed by atoms with Crippen LogP contribution in [0.3, 0.4) is 0 Å². The first-order valence-corrected chi connectivity index (χ1v) is 7.43. The molecule has 0 atom stereocenters. The fourth-order valence-electron chi connectivity index (χ4n) is 2.35. The van der Waals surface area contributed by atoms with Crippen LogP contribution < -0.4 is 10.2 Å². The quantitative estimate of drug-likeness (QED) is 0.755. The highest BCUT2D eigenvalue weighted by Gasteiger charge is 2.20. The lowest BCUT2D eigenvalue weighted by atomic mass is 10.1. The number of hydrogen-bond acceptors (Lipinski definition) is 3. The molecule has 0 radical (unpaired) electrons. The van der Waals surface area contributed by atoms with Crippen molar-refractivity contribution in [2.45, 2.75) is 45.7 Å². The van der Waals surface area contributed by atoms with Crippen LogP contribution in [0.15, 0.2) is 18.2 Å². The Morgan fingerprint density at radius 2 is 2.16 bits per heavy atom. The molecule has 2 rings (SSSR count). The van der Waals surface area contributed by atoms with Crippen molar-refractivity contribution in [2.75, 3.05) is 24.6 Å². The van der Waals surface area contributed by atoms with Crippen molar-refractivity contribution in [3.63, 3.8) is 0 Å². The third kappa shape index (κ3) is 4.22. The standard InChI is InChI=1S/C16H26N2O/c1-3-18(9-4-10-19)16-8-5-14(13(2)11-16)12-17-15-6-7-15/h5,8,11,15,17,19H,3-4,6-7,9-10,12H2,1-2H3. The van der Waals surface area contributed by atoms with Gasteiger partial charge in [0.1, 0.15) is 0 Å². The Hall–Kier alpha value is -1.06. The third-order valence-electron chi connectivity index (χ3n) is 3.82. The molecule has 0 aromatic heterocycles. The van der Waals surface area contributed by atoms with Crippen LogP contribution in [-0.4, -0.2) is 30.8 Å². The van der Waals surface area contributed by atoms with E-state index in [0.717, 1.165) is 32.1 Å². The number of nitrogens with zero attached hydrogens (tertiary/aromatic N) is 1. The molecular weight excluding hydrogens is 236 g/mol. The summed E-state index contributed by atoms with van der Waals surface area (Å²) in [5.41, 5.74) is 4.02. The maximum absolute atomic E-state index is 8.95. The van der Waals surface area contributed by atoms with E-state index in [1.54, 1.807) is 0 Å². The summed E-state index contributed by atoms with van der Waals surface area (Å²) in [5, 5.41) is 12.5. The van der Waals surface area contributed by atoms with E-state index in [-0.39, 0.29) is 6.61 Å². The summed E-state index contributed by atoms with van der Waals surface area (Å²) in [5.74, 6) is 0. The van der Waals surface area contributed by atoms with Gasteiger partial charge in [0, 0.05) is 38.0 Å². The first kappa shape index (κ1) is 14.4. The third-order valence-corrected chi connectivity index (χ3v) is 3.82. The highest BCUT2D eigenvalue weighted by molar-refractivity contribution is 5.50. The summed E-state index contributed by atoms with van der Waals surface area (Å²) in [6.07, 6.45) is 3.50. The van der Waals surface area contributed by atoms with Gasteiger partial charge in [0.05, 0.1) is 0 Å². The Kier molecular flexibility index (Phi) is 5.23. The Morgan fingerprint density at radius 3 is 2.74 bits per heavy atom. The van der Waals surface area contributed by atoms with Gasteiger partial charge in [0.15, 0.2) is 0 Å². The molecule has 19 heavy (non-hydrogen) atoms. The van der Waals surface area contributed by atoms with Gasteiger partial charge < -0.3 is 15.3 Å². The average Bonchev–Trinajstić information content (AvgIpc) is 3.23. The smallest absolute Gasteiger partial charge is 0.0447 e. The Morgan fingerprint density at radius 1 is 1.37 bits per heavy atom. The Labute approximate surface area is 116 Å². The minimum absolute atomic E-state index is 0.263. The predicted octanol–water partition coefficient (Wildman–Crippen LogP) is 2.46. The molecule has 0 amide bonds. The number of nitrogens with one attached hydrogen (secondary N) is 1. The summed E-state index contributed by atoms with van der Waals surface area (Å²) in [4.78, 5) is 2.32. The van der Waals surface area contributed by atoms with Gasteiger partial charge in [-0.1, -0.05) is 6.07 Å². The molecule has 1 aromatic carbocycles. The molecule has 0 saturated heterocycles. The fourth-order valence-corrected chi connectivity index (χ4v) is 2.35. The van der Waals surface area contributed by atoms with E-state index in [1.165, 1.54) is 29.7 Å². The van der Waals surface area contributed by atoms with Crippen LogP contribution in [0.2, 0.25) is 0 Å². The molecule has 0 bridgehead atoms. The maximum atomic E-state index is 8.95. The number of aliphatic hydroxyl groups is 1. The fraction of sp³-hybridized carbons (Fsp3) is 0.625. The van der Waals surface area contributed by atoms with Crippen molar-refractivity contribution >= 4 is 5.69 Å². The molecule has 0 unspecified atom stereocenters. The van der Waals surface area contributed by atoms with Crippen molar-refractivity contribution in [1.82, 2.24) is 5.32 Å². The number of benzene rings is 1. The monoisotopic (exact) mass is 262 g/mol. The highest BCUT2D eigenvalue weighted by Crippen LogP contribution is 2.22. The second-order valence-corrected chi connectivity index (χ2v) is 5.42. The number of aryl methyl sites for hydroxylation is 1. The molecule has 0 heterocycles. The second-order valence-electron chi connectivity index (χ2n) is 5.42. The van der Waals surface area contributed by atoms with E-state index in [9.17, 15) is 0 Å². The molecule has 1 aliphatic carbocycles. The van der Waals surface area contributed by atoms with Crippen molar-refractivity contribution in [1.29, 1.82) is 0 Å². The lowest BCUT2D eigenvalue weighted by Gasteiger charge is -2.24. The largest absolute Gasteiger partial charge is 0.396 e. The lowest BCUT2D eigenvalue weighted by molar-refractivity contribution is 0.289. The van der Waals surface area contributed by atoms with E-state index < -0.39 is 0 Å². The number of anilines is 1. The van der Waals surface area contributed by atoms with Crippen LogP contribution in [0.4, 0.5) is 5.69 Å². The molecule has 2 N–H and O–H groups in total. The van der Waals surface area contributed by atoms with Gasteiger partial charge in [-0.25, -0.2) is 0 Å². The van der Waals surface area contributed by atoms with Crippen LogP contribution in [-0.2, 0) is 6.54 Å². The van der Waals surface area contributed by atoms with E-state index in [1.807, 2.05) is 0 Å².